The highest BCUT2D eigenvalue weighted by molar-refractivity contribution is 7.45. The first-order valence-corrected chi connectivity index (χ1v) is 31.0. The molecule has 0 aliphatic carbocycles. The van der Waals surface area contributed by atoms with Gasteiger partial charge in [0.15, 0.2) is 0 Å². The summed E-state index contributed by atoms with van der Waals surface area (Å²) in [6, 6.07) is -0.795. The van der Waals surface area contributed by atoms with Crippen molar-refractivity contribution in [1.82, 2.24) is 5.32 Å². The van der Waals surface area contributed by atoms with Crippen LogP contribution in [0.2, 0.25) is 0 Å². The van der Waals surface area contributed by atoms with E-state index in [0.717, 1.165) is 38.5 Å². The third kappa shape index (κ3) is 52.9. The van der Waals surface area contributed by atoms with Crippen LogP contribution in [-0.2, 0) is 18.4 Å². The number of amides is 1. The van der Waals surface area contributed by atoms with Crippen molar-refractivity contribution in [2.24, 2.45) is 0 Å². The zero-order valence-corrected chi connectivity index (χ0v) is 46.5. The molecule has 0 aromatic carbocycles. The normalized spacial score (nSPS) is 14.0. The predicted molar refractivity (Wildman–Crippen MR) is 289 cm³/mol. The van der Waals surface area contributed by atoms with Crippen LogP contribution in [0.1, 0.15) is 303 Å². The van der Waals surface area contributed by atoms with Gasteiger partial charge in [-0.05, 0) is 38.5 Å². The molecule has 0 rings (SSSR count). The van der Waals surface area contributed by atoms with Crippen molar-refractivity contribution in [1.29, 1.82) is 0 Å². The molecule has 1 amide bonds. The lowest BCUT2D eigenvalue weighted by Crippen LogP contribution is -2.46. The van der Waals surface area contributed by atoms with Crippen LogP contribution in [0.15, 0.2) is 12.2 Å². The van der Waals surface area contributed by atoms with Crippen molar-refractivity contribution in [2.75, 3.05) is 40.9 Å². The molecule has 67 heavy (non-hydrogen) atoms. The summed E-state index contributed by atoms with van der Waals surface area (Å²) in [6.45, 7) is 4.75. The number of quaternary nitrogens is 1. The summed E-state index contributed by atoms with van der Waals surface area (Å²) < 4.78 is 23.4. The summed E-state index contributed by atoms with van der Waals surface area (Å²) in [5.41, 5.74) is 0. The third-order valence-corrected chi connectivity index (χ3v) is 14.7. The van der Waals surface area contributed by atoms with Crippen molar-refractivity contribution in [3.8, 4) is 0 Å². The number of carbonyl (C=O) groups excluding carboxylic acids is 1. The molecule has 400 valence electrons. The summed E-state index contributed by atoms with van der Waals surface area (Å²) >= 11 is 0. The third-order valence-electron chi connectivity index (χ3n) is 13.8. The first-order valence-electron chi connectivity index (χ1n) is 29.5. The molecule has 9 heteroatoms. The fraction of sp³-hybridized carbons (Fsp3) is 0.948. The van der Waals surface area contributed by atoms with Crippen LogP contribution < -0.4 is 10.2 Å². The van der Waals surface area contributed by atoms with Gasteiger partial charge in [-0.15, -0.1) is 0 Å². The van der Waals surface area contributed by atoms with Crippen LogP contribution in [-0.4, -0.2) is 68.5 Å². The molecule has 2 N–H and O–H groups in total. The van der Waals surface area contributed by atoms with Gasteiger partial charge in [0, 0.05) is 6.42 Å². The van der Waals surface area contributed by atoms with E-state index in [1.165, 1.54) is 238 Å². The lowest BCUT2D eigenvalue weighted by Gasteiger charge is -2.30. The molecular weight excluding hydrogens is 852 g/mol. The molecule has 0 bridgehead atoms. The quantitative estimate of drug-likeness (QED) is 0.0272. The minimum atomic E-state index is -4.56. The molecule has 3 unspecified atom stereocenters. The Morgan fingerprint density at radius 3 is 1.16 bits per heavy atom. The number of hydrogen-bond donors (Lipinski definition) is 2. The van der Waals surface area contributed by atoms with Crippen molar-refractivity contribution < 1.29 is 32.9 Å². The van der Waals surface area contributed by atoms with Gasteiger partial charge in [0.2, 0.25) is 5.91 Å². The van der Waals surface area contributed by atoms with Crippen molar-refractivity contribution in [2.45, 2.75) is 315 Å². The Labute approximate surface area is 418 Å². The number of allylic oxidation sites excluding steroid dienone is 2. The fourth-order valence-corrected chi connectivity index (χ4v) is 9.82. The van der Waals surface area contributed by atoms with E-state index in [4.69, 9.17) is 9.05 Å². The minimum Gasteiger partial charge on any atom is -0.756 e. The maximum absolute atomic E-state index is 13.0. The molecule has 0 fully saturated rings. The van der Waals surface area contributed by atoms with Gasteiger partial charge in [-0.3, -0.25) is 9.36 Å². The van der Waals surface area contributed by atoms with Crippen molar-refractivity contribution in [3.05, 3.63) is 12.2 Å². The van der Waals surface area contributed by atoms with Gasteiger partial charge < -0.3 is 28.8 Å². The Hall–Kier alpha value is -0.760. The van der Waals surface area contributed by atoms with Gasteiger partial charge in [0.1, 0.15) is 13.2 Å². The zero-order valence-electron chi connectivity index (χ0n) is 45.6. The highest BCUT2D eigenvalue weighted by atomic mass is 31.2. The van der Waals surface area contributed by atoms with E-state index in [-0.39, 0.29) is 19.1 Å². The summed E-state index contributed by atoms with van der Waals surface area (Å²) in [5, 5.41) is 14.0. The molecule has 0 heterocycles. The predicted octanol–water partition coefficient (Wildman–Crippen LogP) is 17.2. The largest absolute Gasteiger partial charge is 0.756 e. The maximum Gasteiger partial charge on any atom is 0.268 e. The number of likely N-dealkylation sites (N-methyl/N-ethyl adjacent to an activating group) is 1. The van der Waals surface area contributed by atoms with Crippen LogP contribution in [0.25, 0.3) is 0 Å². The second-order valence-electron chi connectivity index (χ2n) is 21.7. The smallest absolute Gasteiger partial charge is 0.268 e. The van der Waals surface area contributed by atoms with Crippen LogP contribution in [0.4, 0.5) is 0 Å². The van der Waals surface area contributed by atoms with E-state index < -0.39 is 20.0 Å². The molecule has 0 radical (unpaired) electrons. The molecule has 0 aliphatic rings. The number of aliphatic hydroxyl groups is 1. The van der Waals surface area contributed by atoms with E-state index in [0.29, 0.717) is 23.9 Å². The number of carbonyl (C=O) groups is 1. The van der Waals surface area contributed by atoms with E-state index in [9.17, 15) is 19.4 Å². The number of phosphoric ester groups is 1. The number of unbranched alkanes of at least 4 members (excludes halogenated alkanes) is 40. The van der Waals surface area contributed by atoms with Gasteiger partial charge in [-0.1, -0.05) is 270 Å². The minimum absolute atomic E-state index is 0.0154. The van der Waals surface area contributed by atoms with E-state index in [1.54, 1.807) is 0 Å². The topological polar surface area (TPSA) is 108 Å². The van der Waals surface area contributed by atoms with Gasteiger partial charge in [-0.2, -0.15) is 0 Å². The number of nitrogens with zero attached hydrogens (tertiary/aromatic N) is 1. The van der Waals surface area contributed by atoms with Crippen LogP contribution in [0, 0.1) is 0 Å². The fourth-order valence-electron chi connectivity index (χ4n) is 9.10. The Morgan fingerprint density at radius 1 is 0.507 bits per heavy atom. The monoisotopic (exact) mass is 969 g/mol. The van der Waals surface area contributed by atoms with E-state index >= 15 is 0 Å². The second kappa shape index (κ2) is 50.2. The molecule has 0 aromatic heterocycles. The maximum atomic E-state index is 13.0. The highest BCUT2D eigenvalue weighted by Crippen LogP contribution is 2.38. The Morgan fingerprint density at radius 2 is 0.821 bits per heavy atom. The Kier molecular flexibility index (Phi) is 49.6. The molecule has 0 aromatic rings. The van der Waals surface area contributed by atoms with Gasteiger partial charge in [0.25, 0.3) is 7.82 Å². The molecule has 8 nitrogen and oxygen atoms in total. The molecule has 0 aliphatic heterocycles. The molecule has 0 spiro atoms. The standard InChI is InChI=1S/C58H117N2O6P/c1-6-8-10-12-14-16-18-20-21-22-23-24-25-26-27-28-29-30-31-32-33-34-35-36-37-38-39-40-42-44-46-48-50-52-58(62)59-56(55-66-67(63,64)65-54-53-60(3,4)5)57(61)51-49-47-45-43-41-19-17-15-13-11-9-7-2/h22-23,56-57,61H,6-21,24-55H2,1-5H3,(H-,59,62,63,64)/b23-22-. The molecule has 0 saturated carbocycles. The SMILES string of the molecule is CCCCCCCCCC/C=C\CCCCCCCCCCCCCCCCCCCCCCCC(=O)NC(COP(=O)([O-])OCC[N+](C)(C)C)C(O)CCCCCCCCCCCCCC. The summed E-state index contributed by atoms with van der Waals surface area (Å²) in [7, 11) is 1.32. The molecular formula is C58H117N2O6P. The van der Waals surface area contributed by atoms with Gasteiger partial charge >= 0.3 is 0 Å². The highest BCUT2D eigenvalue weighted by Gasteiger charge is 2.24. The van der Waals surface area contributed by atoms with E-state index in [1.807, 2.05) is 21.1 Å². The van der Waals surface area contributed by atoms with Gasteiger partial charge in [-0.25, -0.2) is 0 Å². The van der Waals surface area contributed by atoms with E-state index in [2.05, 4.69) is 31.3 Å². The number of phosphoric acid groups is 1. The summed E-state index contributed by atoms with van der Waals surface area (Å²) in [5.74, 6) is -0.159. The first-order chi connectivity index (χ1) is 32.5. The van der Waals surface area contributed by atoms with Crippen molar-refractivity contribution in [3.63, 3.8) is 0 Å². The van der Waals surface area contributed by atoms with Gasteiger partial charge in [0.05, 0.1) is 39.9 Å². The number of rotatable bonds is 55. The zero-order chi connectivity index (χ0) is 49.2. The summed E-state index contributed by atoms with van der Waals surface area (Å²) in [6.07, 6.45) is 61.2. The van der Waals surface area contributed by atoms with Crippen LogP contribution in [0.5, 0.6) is 0 Å². The average Bonchev–Trinajstić information content (AvgIpc) is 3.29. The lowest BCUT2D eigenvalue weighted by atomic mass is 10.0. The van der Waals surface area contributed by atoms with Crippen molar-refractivity contribution >= 4 is 13.7 Å². The lowest BCUT2D eigenvalue weighted by molar-refractivity contribution is -0.870. The first kappa shape index (κ1) is 66.2. The second-order valence-corrected chi connectivity index (χ2v) is 23.1. The number of nitrogens with one attached hydrogen (secondary N) is 1. The molecule has 0 saturated heterocycles. The van der Waals surface area contributed by atoms with Crippen LogP contribution >= 0.6 is 7.82 Å². The van der Waals surface area contributed by atoms with Crippen LogP contribution in [0.3, 0.4) is 0 Å². The number of aliphatic hydroxyl groups excluding tert-OH is 1. The average molecular weight is 970 g/mol. The number of hydrogen-bond acceptors (Lipinski definition) is 6. The Bertz CT molecular complexity index is 1100. The summed E-state index contributed by atoms with van der Waals surface area (Å²) in [4.78, 5) is 25.5. The Balaban J connectivity index is 3.91. The molecule has 3 atom stereocenters.